The molecule has 7 heteroatoms. The molecule has 1 N–H and O–H groups in total. The Morgan fingerprint density at radius 2 is 1.75 bits per heavy atom. The lowest BCUT2D eigenvalue weighted by Crippen LogP contribution is -2.12. The molecule has 0 unspecified atom stereocenters. The van der Waals surface area contributed by atoms with Crippen LogP contribution in [0.4, 0.5) is 18.9 Å². The van der Waals surface area contributed by atoms with Crippen LogP contribution in [0.5, 0.6) is 0 Å². The van der Waals surface area contributed by atoms with Crippen molar-refractivity contribution in [2.45, 2.75) is 6.18 Å². The Balaban J connectivity index is 1.55. The molecule has 0 aliphatic heterocycles. The Morgan fingerprint density at radius 3 is 2.46 bits per heavy atom. The molecule has 0 aliphatic carbocycles. The molecule has 2 aromatic carbocycles. The maximum absolute atomic E-state index is 12.6. The zero-order valence-corrected chi connectivity index (χ0v) is 14.4. The van der Waals surface area contributed by atoms with Gasteiger partial charge in [-0.2, -0.15) is 13.2 Å². The summed E-state index contributed by atoms with van der Waals surface area (Å²) >= 11 is 0. The molecule has 2 aromatic heterocycles. The molecule has 1 amide bonds. The van der Waals surface area contributed by atoms with E-state index in [4.69, 9.17) is 0 Å². The number of carbonyl (C=O) groups excluding carboxylic acids is 1. The molecule has 0 radical (unpaired) electrons. The second-order valence-electron chi connectivity index (χ2n) is 6.20. The summed E-state index contributed by atoms with van der Waals surface area (Å²) in [6.07, 6.45) is -0.661. The first-order valence-electron chi connectivity index (χ1n) is 8.43. The molecule has 0 bridgehead atoms. The van der Waals surface area contributed by atoms with Crippen molar-refractivity contribution in [1.82, 2.24) is 9.38 Å². The third-order valence-corrected chi connectivity index (χ3v) is 4.25. The highest BCUT2D eigenvalue weighted by Gasteiger charge is 2.30. The summed E-state index contributed by atoms with van der Waals surface area (Å²) in [5.41, 5.74) is 2.24. The van der Waals surface area contributed by atoms with Crippen molar-refractivity contribution in [3.63, 3.8) is 0 Å². The molecule has 0 aliphatic rings. The van der Waals surface area contributed by atoms with Crippen molar-refractivity contribution in [2.75, 3.05) is 5.32 Å². The van der Waals surface area contributed by atoms with Crippen molar-refractivity contribution in [1.29, 1.82) is 0 Å². The first-order chi connectivity index (χ1) is 13.4. The Bertz CT molecular complexity index is 1110. The first-order valence-corrected chi connectivity index (χ1v) is 8.43. The number of rotatable bonds is 3. The molecule has 0 saturated carbocycles. The van der Waals surface area contributed by atoms with E-state index in [0.29, 0.717) is 5.69 Å². The van der Waals surface area contributed by atoms with Crippen molar-refractivity contribution in [3.8, 4) is 11.3 Å². The number of benzene rings is 2. The third-order valence-electron chi connectivity index (χ3n) is 4.25. The number of nitrogens with zero attached hydrogens (tertiary/aromatic N) is 2. The van der Waals surface area contributed by atoms with Gasteiger partial charge in [-0.3, -0.25) is 4.79 Å². The lowest BCUT2D eigenvalue weighted by molar-refractivity contribution is -0.137. The lowest BCUT2D eigenvalue weighted by atomic mass is 10.1. The fraction of sp³-hybridized carbons (Fsp3) is 0.0476. The molecule has 0 spiro atoms. The van der Waals surface area contributed by atoms with E-state index in [1.54, 1.807) is 18.2 Å². The minimum Gasteiger partial charge on any atom is -0.322 e. The van der Waals surface area contributed by atoms with Gasteiger partial charge in [-0.15, -0.1) is 0 Å². The number of anilines is 1. The van der Waals surface area contributed by atoms with Crippen LogP contribution in [-0.4, -0.2) is 15.3 Å². The van der Waals surface area contributed by atoms with Gasteiger partial charge in [0.1, 0.15) is 5.65 Å². The van der Waals surface area contributed by atoms with Gasteiger partial charge < -0.3 is 9.72 Å². The Labute approximate surface area is 158 Å². The molecule has 0 fully saturated rings. The highest BCUT2D eigenvalue weighted by Crippen LogP contribution is 2.29. The number of amides is 1. The van der Waals surface area contributed by atoms with Crippen LogP contribution in [0.2, 0.25) is 0 Å². The highest BCUT2D eigenvalue weighted by molar-refractivity contribution is 6.04. The number of imidazole rings is 1. The SMILES string of the molecule is O=C(Nc1cccc(-c2cn3ccccc3n2)c1)c1ccc(C(F)(F)F)cc1. The van der Waals surface area contributed by atoms with Gasteiger partial charge in [0.15, 0.2) is 0 Å². The molecule has 0 atom stereocenters. The molecule has 28 heavy (non-hydrogen) atoms. The highest BCUT2D eigenvalue weighted by atomic mass is 19.4. The van der Waals surface area contributed by atoms with E-state index in [9.17, 15) is 18.0 Å². The summed E-state index contributed by atoms with van der Waals surface area (Å²) < 4.78 is 39.8. The van der Waals surface area contributed by atoms with Crippen molar-refractivity contribution in [3.05, 3.63) is 90.3 Å². The standard InChI is InChI=1S/C21H14F3N3O/c22-21(23,24)16-9-7-14(8-10-16)20(28)25-17-5-3-4-15(12-17)18-13-27-11-2-1-6-19(27)26-18/h1-13H,(H,25,28). The Kier molecular flexibility index (Phi) is 4.35. The van der Waals surface area contributed by atoms with Gasteiger partial charge in [0.25, 0.3) is 5.91 Å². The van der Waals surface area contributed by atoms with E-state index >= 15 is 0 Å². The van der Waals surface area contributed by atoms with Crippen LogP contribution in [0.15, 0.2) is 79.1 Å². The van der Waals surface area contributed by atoms with Gasteiger partial charge in [0, 0.05) is 29.2 Å². The van der Waals surface area contributed by atoms with Crippen LogP contribution in [0, 0.1) is 0 Å². The minimum atomic E-state index is -4.43. The predicted molar refractivity (Wildman–Crippen MR) is 100 cm³/mol. The monoisotopic (exact) mass is 381 g/mol. The Hall–Kier alpha value is -3.61. The van der Waals surface area contributed by atoms with Crippen LogP contribution in [0.1, 0.15) is 15.9 Å². The lowest BCUT2D eigenvalue weighted by Gasteiger charge is -2.09. The second-order valence-corrected chi connectivity index (χ2v) is 6.20. The molecule has 4 rings (SSSR count). The summed E-state index contributed by atoms with van der Waals surface area (Å²) in [4.78, 5) is 16.9. The van der Waals surface area contributed by atoms with Crippen LogP contribution < -0.4 is 5.32 Å². The van der Waals surface area contributed by atoms with E-state index in [2.05, 4.69) is 10.3 Å². The molecule has 140 valence electrons. The van der Waals surface area contributed by atoms with Crippen molar-refractivity contribution in [2.24, 2.45) is 0 Å². The number of hydrogen-bond donors (Lipinski definition) is 1. The van der Waals surface area contributed by atoms with Gasteiger partial charge in [-0.05, 0) is 48.5 Å². The van der Waals surface area contributed by atoms with Gasteiger partial charge in [0.2, 0.25) is 0 Å². The largest absolute Gasteiger partial charge is 0.416 e. The number of fused-ring (bicyclic) bond motifs is 1. The quantitative estimate of drug-likeness (QED) is 0.525. The average molecular weight is 381 g/mol. The normalized spacial score (nSPS) is 11.5. The predicted octanol–water partition coefficient (Wildman–Crippen LogP) is 5.27. The molecule has 2 heterocycles. The maximum atomic E-state index is 12.6. The molecule has 4 aromatic rings. The fourth-order valence-electron chi connectivity index (χ4n) is 2.84. The number of alkyl halides is 3. The smallest absolute Gasteiger partial charge is 0.322 e. The van der Waals surface area contributed by atoms with Gasteiger partial charge in [-0.1, -0.05) is 18.2 Å². The first kappa shape index (κ1) is 17.8. The van der Waals surface area contributed by atoms with E-state index in [0.717, 1.165) is 41.2 Å². The van der Waals surface area contributed by atoms with Crippen molar-refractivity contribution >= 4 is 17.2 Å². The summed E-state index contributed by atoms with van der Waals surface area (Å²) in [5, 5.41) is 2.71. The molecule has 0 saturated heterocycles. The van der Waals surface area contributed by atoms with E-state index in [1.165, 1.54) is 0 Å². The summed E-state index contributed by atoms with van der Waals surface area (Å²) in [7, 11) is 0. The number of hydrogen-bond acceptors (Lipinski definition) is 2. The van der Waals surface area contributed by atoms with Crippen LogP contribution in [-0.2, 0) is 6.18 Å². The number of pyridine rings is 1. The number of carbonyl (C=O) groups is 1. The number of halogens is 3. The molecule has 4 nitrogen and oxygen atoms in total. The van der Waals surface area contributed by atoms with E-state index in [1.807, 2.05) is 41.1 Å². The topological polar surface area (TPSA) is 46.4 Å². The second kappa shape index (κ2) is 6.84. The molecular formula is C21H14F3N3O. The Morgan fingerprint density at radius 1 is 0.964 bits per heavy atom. The van der Waals surface area contributed by atoms with E-state index in [-0.39, 0.29) is 5.56 Å². The fourth-order valence-corrected chi connectivity index (χ4v) is 2.84. The number of nitrogens with one attached hydrogen (secondary N) is 1. The minimum absolute atomic E-state index is 0.145. The van der Waals surface area contributed by atoms with Crippen LogP contribution in [0.3, 0.4) is 0 Å². The zero-order valence-electron chi connectivity index (χ0n) is 14.4. The van der Waals surface area contributed by atoms with Gasteiger partial charge in [-0.25, -0.2) is 4.98 Å². The van der Waals surface area contributed by atoms with Crippen LogP contribution in [0.25, 0.3) is 16.9 Å². The van der Waals surface area contributed by atoms with Crippen molar-refractivity contribution < 1.29 is 18.0 Å². The van der Waals surface area contributed by atoms with E-state index < -0.39 is 17.6 Å². The third kappa shape index (κ3) is 3.59. The van der Waals surface area contributed by atoms with Crippen LogP contribution >= 0.6 is 0 Å². The molecular weight excluding hydrogens is 367 g/mol. The summed E-state index contributed by atoms with van der Waals surface area (Å²) in [6.45, 7) is 0. The summed E-state index contributed by atoms with van der Waals surface area (Å²) in [5.74, 6) is -0.485. The summed E-state index contributed by atoms with van der Waals surface area (Å²) in [6, 6.07) is 16.9. The van der Waals surface area contributed by atoms with Gasteiger partial charge >= 0.3 is 6.18 Å². The zero-order chi connectivity index (χ0) is 19.7. The number of aromatic nitrogens is 2. The average Bonchev–Trinajstić information content (AvgIpc) is 3.12. The maximum Gasteiger partial charge on any atom is 0.416 e. The van der Waals surface area contributed by atoms with Gasteiger partial charge in [0.05, 0.1) is 11.3 Å².